The first-order valence-electron chi connectivity index (χ1n) is 7.98. The number of aromatic nitrogens is 1. The Hall–Kier alpha value is -3.15. The Balaban J connectivity index is 1.93. The molecular weight excluding hydrogens is 322 g/mol. The number of esters is 1. The predicted molar refractivity (Wildman–Crippen MR) is 92.4 cm³/mol. The number of hydrogen-bond donors (Lipinski definition) is 1. The van der Waals surface area contributed by atoms with Gasteiger partial charge in [0.1, 0.15) is 11.4 Å². The first-order valence-corrected chi connectivity index (χ1v) is 7.98. The molecule has 128 valence electrons. The van der Waals surface area contributed by atoms with Crippen molar-refractivity contribution >= 4 is 16.9 Å². The quantitative estimate of drug-likeness (QED) is 0.733. The van der Waals surface area contributed by atoms with Crippen molar-refractivity contribution < 1.29 is 23.7 Å². The van der Waals surface area contributed by atoms with Crippen LogP contribution in [-0.4, -0.2) is 31.5 Å². The fourth-order valence-electron chi connectivity index (χ4n) is 3.01. The van der Waals surface area contributed by atoms with Gasteiger partial charge in [-0.05, 0) is 36.8 Å². The Morgan fingerprint density at radius 3 is 2.80 bits per heavy atom. The van der Waals surface area contributed by atoms with Gasteiger partial charge in [0.15, 0.2) is 11.5 Å². The summed E-state index contributed by atoms with van der Waals surface area (Å²) in [7, 11) is 1.61. The van der Waals surface area contributed by atoms with Crippen LogP contribution in [0.2, 0.25) is 0 Å². The predicted octanol–water partition coefficient (Wildman–Crippen LogP) is 3.75. The zero-order valence-electron chi connectivity index (χ0n) is 13.9. The molecule has 0 aliphatic carbocycles. The maximum absolute atomic E-state index is 12.5. The van der Waals surface area contributed by atoms with Gasteiger partial charge in [0.05, 0.1) is 19.2 Å². The van der Waals surface area contributed by atoms with Crippen LogP contribution in [0.1, 0.15) is 17.4 Å². The molecule has 0 radical (unpaired) electrons. The molecule has 2 aromatic carbocycles. The van der Waals surface area contributed by atoms with Crippen LogP contribution in [0, 0.1) is 0 Å². The molecule has 1 aliphatic heterocycles. The number of ether oxygens (including phenoxy) is 4. The van der Waals surface area contributed by atoms with Crippen molar-refractivity contribution in [2.45, 2.75) is 6.92 Å². The zero-order valence-corrected chi connectivity index (χ0v) is 13.9. The van der Waals surface area contributed by atoms with E-state index in [1.807, 2.05) is 36.4 Å². The lowest BCUT2D eigenvalue weighted by Gasteiger charge is -2.06. The Bertz CT molecular complexity index is 960. The van der Waals surface area contributed by atoms with Crippen molar-refractivity contribution in [3.8, 4) is 28.4 Å². The van der Waals surface area contributed by atoms with Crippen molar-refractivity contribution in [2.75, 3.05) is 20.5 Å². The summed E-state index contributed by atoms with van der Waals surface area (Å²) in [5, 5.41) is 0.905. The van der Waals surface area contributed by atoms with Crippen molar-refractivity contribution in [3.63, 3.8) is 0 Å². The summed E-state index contributed by atoms with van der Waals surface area (Å²) in [6.45, 7) is 2.29. The highest BCUT2D eigenvalue weighted by atomic mass is 16.7. The monoisotopic (exact) mass is 339 g/mol. The first kappa shape index (κ1) is 15.4. The van der Waals surface area contributed by atoms with Crippen molar-refractivity contribution in [1.82, 2.24) is 4.98 Å². The number of carbonyl (C=O) groups excluding carboxylic acids is 1. The molecule has 0 spiro atoms. The average molecular weight is 339 g/mol. The van der Waals surface area contributed by atoms with Gasteiger partial charge in [-0.1, -0.05) is 6.07 Å². The first-order chi connectivity index (χ1) is 12.2. The molecule has 0 bridgehead atoms. The van der Waals surface area contributed by atoms with Gasteiger partial charge >= 0.3 is 5.97 Å². The Labute approximate surface area is 144 Å². The van der Waals surface area contributed by atoms with E-state index < -0.39 is 5.97 Å². The number of benzene rings is 2. The molecular formula is C19H17NO5. The summed E-state index contributed by atoms with van der Waals surface area (Å²) in [6.07, 6.45) is 0. The van der Waals surface area contributed by atoms with E-state index in [1.165, 1.54) is 0 Å². The minimum atomic E-state index is -0.398. The third-order valence-electron chi connectivity index (χ3n) is 4.15. The highest BCUT2D eigenvalue weighted by molar-refractivity contribution is 6.08. The summed E-state index contributed by atoms with van der Waals surface area (Å²) in [6, 6.07) is 11.3. The number of rotatable bonds is 4. The Morgan fingerprint density at radius 2 is 2.00 bits per heavy atom. The van der Waals surface area contributed by atoms with Crippen LogP contribution in [0.3, 0.4) is 0 Å². The Kier molecular flexibility index (Phi) is 3.72. The topological polar surface area (TPSA) is 69.8 Å². The highest BCUT2D eigenvalue weighted by Crippen LogP contribution is 2.40. The molecule has 0 atom stereocenters. The van der Waals surface area contributed by atoms with E-state index in [4.69, 9.17) is 18.9 Å². The molecule has 0 saturated heterocycles. The lowest BCUT2D eigenvalue weighted by atomic mass is 10.0. The molecule has 1 aliphatic rings. The maximum atomic E-state index is 12.5. The molecule has 2 heterocycles. The van der Waals surface area contributed by atoms with E-state index in [2.05, 4.69) is 4.98 Å². The molecule has 1 aromatic heterocycles. The lowest BCUT2D eigenvalue weighted by Crippen LogP contribution is -2.06. The highest BCUT2D eigenvalue weighted by Gasteiger charge is 2.23. The number of fused-ring (bicyclic) bond motifs is 2. The second-order valence-corrected chi connectivity index (χ2v) is 5.58. The largest absolute Gasteiger partial charge is 0.497 e. The zero-order chi connectivity index (χ0) is 17.4. The van der Waals surface area contributed by atoms with Gasteiger partial charge in [0.25, 0.3) is 0 Å². The van der Waals surface area contributed by atoms with Crippen molar-refractivity contribution in [3.05, 3.63) is 42.1 Å². The summed E-state index contributed by atoms with van der Waals surface area (Å²) in [5.41, 5.74) is 2.83. The third-order valence-corrected chi connectivity index (χ3v) is 4.15. The van der Waals surface area contributed by atoms with Gasteiger partial charge in [-0.2, -0.15) is 0 Å². The second-order valence-electron chi connectivity index (χ2n) is 5.58. The second kappa shape index (κ2) is 6.05. The smallest absolute Gasteiger partial charge is 0.355 e. The number of methoxy groups -OCH3 is 1. The van der Waals surface area contributed by atoms with Crippen LogP contribution < -0.4 is 14.2 Å². The third kappa shape index (κ3) is 2.55. The van der Waals surface area contributed by atoms with Gasteiger partial charge in [-0.15, -0.1) is 0 Å². The van der Waals surface area contributed by atoms with E-state index in [-0.39, 0.29) is 6.79 Å². The van der Waals surface area contributed by atoms with Crippen molar-refractivity contribution in [2.24, 2.45) is 0 Å². The van der Waals surface area contributed by atoms with Crippen LogP contribution in [0.5, 0.6) is 17.2 Å². The number of H-pyrrole nitrogens is 1. The van der Waals surface area contributed by atoms with Crippen LogP contribution in [0.25, 0.3) is 22.0 Å². The summed E-state index contributed by atoms with van der Waals surface area (Å²) in [4.78, 5) is 15.6. The minimum Gasteiger partial charge on any atom is -0.497 e. The summed E-state index contributed by atoms with van der Waals surface area (Å²) < 4.78 is 21.3. The maximum Gasteiger partial charge on any atom is 0.355 e. The minimum absolute atomic E-state index is 0.203. The fourth-order valence-corrected chi connectivity index (χ4v) is 3.01. The van der Waals surface area contributed by atoms with Gasteiger partial charge < -0.3 is 23.9 Å². The average Bonchev–Trinajstić information content (AvgIpc) is 3.24. The van der Waals surface area contributed by atoms with E-state index >= 15 is 0 Å². The van der Waals surface area contributed by atoms with Crippen molar-refractivity contribution in [1.29, 1.82) is 0 Å². The molecule has 6 heteroatoms. The van der Waals surface area contributed by atoms with E-state index in [1.54, 1.807) is 14.0 Å². The normalized spacial score (nSPS) is 12.4. The Morgan fingerprint density at radius 1 is 1.16 bits per heavy atom. The van der Waals surface area contributed by atoms with Gasteiger partial charge in [-0.25, -0.2) is 4.79 Å². The van der Waals surface area contributed by atoms with Crippen LogP contribution in [0.15, 0.2) is 36.4 Å². The van der Waals surface area contributed by atoms with Crippen LogP contribution in [0.4, 0.5) is 0 Å². The summed E-state index contributed by atoms with van der Waals surface area (Å²) in [5.74, 6) is 1.67. The number of carbonyl (C=O) groups is 1. The van der Waals surface area contributed by atoms with Gasteiger partial charge in [0, 0.05) is 17.0 Å². The number of aromatic amines is 1. The van der Waals surface area contributed by atoms with Crippen LogP contribution >= 0.6 is 0 Å². The van der Waals surface area contributed by atoms with Gasteiger partial charge in [0.2, 0.25) is 6.79 Å². The summed E-state index contributed by atoms with van der Waals surface area (Å²) >= 11 is 0. The molecule has 0 saturated carbocycles. The standard InChI is InChI=1S/C19H17NO5/c1-3-23-19(21)18-17(11-4-7-15-16(8-11)25-10-24-15)13-6-5-12(22-2)9-14(13)20-18/h4-9,20H,3,10H2,1-2H3. The lowest BCUT2D eigenvalue weighted by molar-refractivity contribution is 0.0521. The van der Waals surface area contributed by atoms with E-state index in [0.29, 0.717) is 29.5 Å². The number of nitrogens with one attached hydrogen (secondary N) is 1. The molecule has 0 amide bonds. The molecule has 6 nitrogen and oxygen atoms in total. The SMILES string of the molecule is CCOC(=O)c1[nH]c2cc(OC)ccc2c1-c1ccc2c(c1)OCO2. The fraction of sp³-hybridized carbons (Fsp3) is 0.211. The van der Waals surface area contributed by atoms with Gasteiger partial charge in [-0.3, -0.25) is 0 Å². The molecule has 4 rings (SSSR count). The van der Waals surface area contributed by atoms with E-state index in [9.17, 15) is 4.79 Å². The molecule has 0 fully saturated rings. The molecule has 0 unspecified atom stereocenters. The molecule has 3 aromatic rings. The molecule has 25 heavy (non-hydrogen) atoms. The van der Waals surface area contributed by atoms with Crippen LogP contribution in [-0.2, 0) is 4.74 Å². The van der Waals surface area contributed by atoms with E-state index in [0.717, 1.165) is 22.0 Å². The number of hydrogen-bond acceptors (Lipinski definition) is 5. The molecule has 1 N–H and O–H groups in total.